The van der Waals surface area contributed by atoms with E-state index in [1.807, 2.05) is 26.0 Å². The van der Waals surface area contributed by atoms with Crippen molar-refractivity contribution < 1.29 is 23.9 Å². The molecule has 4 amide bonds. The molecule has 0 aliphatic rings. The second kappa shape index (κ2) is 11.2. The average Bonchev–Trinajstić information content (AvgIpc) is 2.63. The van der Waals surface area contributed by atoms with Crippen LogP contribution in [-0.4, -0.2) is 43.5 Å². The molecular formula is C21H31N3O5. The Balaban J connectivity index is 2.31. The van der Waals surface area contributed by atoms with Gasteiger partial charge in [0.1, 0.15) is 6.54 Å². The van der Waals surface area contributed by atoms with E-state index in [2.05, 4.69) is 36.7 Å². The lowest BCUT2D eigenvalue weighted by Crippen LogP contribution is -2.42. The highest BCUT2D eigenvalue weighted by Crippen LogP contribution is 2.22. The molecule has 1 rings (SSSR count). The molecule has 0 radical (unpaired) electrons. The molecule has 0 heterocycles. The smallest absolute Gasteiger partial charge is 0.325 e. The molecule has 0 aliphatic heterocycles. The van der Waals surface area contributed by atoms with Gasteiger partial charge in [-0.2, -0.15) is 0 Å². The largest absolute Gasteiger partial charge is 0.454 e. The summed E-state index contributed by atoms with van der Waals surface area (Å²) >= 11 is 0. The third kappa shape index (κ3) is 9.73. The van der Waals surface area contributed by atoms with Gasteiger partial charge in [0, 0.05) is 12.1 Å². The van der Waals surface area contributed by atoms with E-state index in [1.165, 1.54) is 0 Å². The van der Waals surface area contributed by atoms with Crippen molar-refractivity contribution in [3.8, 4) is 0 Å². The van der Waals surface area contributed by atoms with Crippen LogP contribution in [0.1, 0.15) is 57.0 Å². The molecule has 0 bridgehead atoms. The molecule has 8 heteroatoms. The Morgan fingerprint density at radius 3 is 2.17 bits per heavy atom. The van der Waals surface area contributed by atoms with Crippen molar-refractivity contribution in [2.24, 2.45) is 5.92 Å². The third-order valence-corrected chi connectivity index (χ3v) is 4.03. The molecule has 0 unspecified atom stereocenters. The van der Waals surface area contributed by atoms with Crippen LogP contribution in [0.4, 0.5) is 4.79 Å². The van der Waals surface area contributed by atoms with Crippen LogP contribution in [-0.2, 0) is 19.7 Å². The number of ether oxygens (including phenoxy) is 1. The van der Waals surface area contributed by atoms with Crippen LogP contribution in [0.15, 0.2) is 24.3 Å². The van der Waals surface area contributed by atoms with Crippen LogP contribution in [0.5, 0.6) is 0 Å². The fourth-order valence-corrected chi connectivity index (χ4v) is 2.25. The molecule has 0 aromatic heterocycles. The summed E-state index contributed by atoms with van der Waals surface area (Å²) in [6.07, 6.45) is 0.787. The van der Waals surface area contributed by atoms with E-state index in [0.29, 0.717) is 18.0 Å². The van der Waals surface area contributed by atoms with Gasteiger partial charge < -0.3 is 15.4 Å². The summed E-state index contributed by atoms with van der Waals surface area (Å²) in [6.45, 7) is 9.71. The number of hydrogen-bond donors (Lipinski definition) is 3. The highest BCUT2D eigenvalue weighted by molar-refractivity contribution is 5.97. The first kappa shape index (κ1) is 24.1. The maximum Gasteiger partial charge on any atom is 0.325 e. The van der Waals surface area contributed by atoms with Crippen molar-refractivity contribution in [1.82, 2.24) is 16.0 Å². The summed E-state index contributed by atoms with van der Waals surface area (Å²) in [4.78, 5) is 46.9. The monoisotopic (exact) mass is 405 g/mol. The molecule has 1 aromatic carbocycles. The number of esters is 1. The van der Waals surface area contributed by atoms with E-state index in [-0.39, 0.29) is 12.0 Å². The van der Waals surface area contributed by atoms with Gasteiger partial charge in [-0.3, -0.25) is 19.7 Å². The molecule has 0 atom stereocenters. The Morgan fingerprint density at radius 2 is 1.62 bits per heavy atom. The Morgan fingerprint density at radius 1 is 1.00 bits per heavy atom. The molecule has 1 aromatic rings. The number of carbonyl (C=O) groups is 4. The Hall–Kier alpha value is -2.90. The zero-order chi connectivity index (χ0) is 22.0. The van der Waals surface area contributed by atoms with E-state index in [0.717, 1.165) is 12.0 Å². The molecule has 0 aliphatic carbocycles. The first-order valence-electron chi connectivity index (χ1n) is 9.61. The van der Waals surface area contributed by atoms with Gasteiger partial charge >= 0.3 is 12.0 Å². The third-order valence-electron chi connectivity index (χ3n) is 4.03. The summed E-state index contributed by atoms with van der Waals surface area (Å²) < 4.78 is 4.75. The summed E-state index contributed by atoms with van der Waals surface area (Å²) in [6, 6.07) is 6.46. The predicted molar refractivity (Wildman–Crippen MR) is 109 cm³/mol. The molecule has 0 fully saturated rings. The molecule has 0 spiro atoms. The van der Waals surface area contributed by atoms with Gasteiger partial charge in [-0.15, -0.1) is 0 Å². The number of urea groups is 1. The van der Waals surface area contributed by atoms with E-state index in [1.54, 1.807) is 12.1 Å². The first-order chi connectivity index (χ1) is 13.5. The molecule has 29 heavy (non-hydrogen) atoms. The number of carbonyl (C=O) groups excluding carboxylic acids is 4. The van der Waals surface area contributed by atoms with E-state index >= 15 is 0 Å². The summed E-state index contributed by atoms with van der Waals surface area (Å²) in [7, 11) is 0. The second-order valence-electron chi connectivity index (χ2n) is 8.16. The number of imide groups is 1. The van der Waals surface area contributed by atoms with E-state index in [9.17, 15) is 19.2 Å². The lowest BCUT2D eigenvalue weighted by Gasteiger charge is -2.19. The molecule has 3 N–H and O–H groups in total. The lowest BCUT2D eigenvalue weighted by atomic mass is 9.87. The van der Waals surface area contributed by atoms with Gasteiger partial charge in [0.2, 0.25) is 0 Å². The zero-order valence-corrected chi connectivity index (χ0v) is 17.8. The minimum Gasteiger partial charge on any atom is -0.454 e. The van der Waals surface area contributed by atoms with Gasteiger partial charge in [-0.25, -0.2) is 4.79 Å². The van der Waals surface area contributed by atoms with Gasteiger partial charge in [0.25, 0.3) is 11.8 Å². The van der Waals surface area contributed by atoms with E-state index in [4.69, 9.17) is 4.74 Å². The van der Waals surface area contributed by atoms with E-state index < -0.39 is 30.4 Å². The highest BCUT2D eigenvalue weighted by Gasteiger charge is 2.15. The molecule has 0 saturated carbocycles. The van der Waals surface area contributed by atoms with Gasteiger partial charge in [-0.1, -0.05) is 46.8 Å². The number of rotatable bonds is 8. The minimum atomic E-state index is -0.778. The van der Waals surface area contributed by atoms with Crippen molar-refractivity contribution >= 4 is 23.8 Å². The molecule has 0 saturated heterocycles. The van der Waals surface area contributed by atoms with Crippen LogP contribution in [0.3, 0.4) is 0 Å². The van der Waals surface area contributed by atoms with Crippen molar-refractivity contribution in [2.75, 3.05) is 19.7 Å². The fraction of sp³-hybridized carbons (Fsp3) is 0.524. The van der Waals surface area contributed by atoms with Crippen LogP contribution >= 0.6 is 0 Å². The first-order valence-corrected chi connectivity index (χ1v) is 9.61. The van der Waals surface area contributed by atoms with Gasteiger partial charge in [0.15, 0.2) is 6.61 Å². The topological polar surface area (TPSA) is 114 Å². The normalized spacial score (nSPS) is 11.0. The van der Waals surface area contributed by atoms with Crippen LogP contribution in [0, 0.1) is 5.92 Å². The Bertz CT molecular complexity index is 721. The van der Waals surface area contributed by atoms with Crippen molar-refractivity contribution in [1.29, 1.82) is 0 Å². The standard InChI is InChI=1S/C21H31N3O5/c1-14(2)10-11-22-20(28)24-17(25)13-29-18(26)12-23-19(27)15-6-8-16(9-7-15)21(3,4)5/h6-9,14H,10-13H2,1-5H3,(H,23,27)(H2,22,24,25,28). The number of nitrogens with one attached hydrogen (secondary N) is 3. The predicted octanol–water partition coefficient (Wildman–Crippen LogP) is 2.13. The quantitative estimate of drug-likeness (QED) is 0.574. The maximum absolute atomic E-state index is 12.1. The van der Waals surface area contributed by atoms with Crippen molar-refractivity contribution in [2.45, 2.75) is 46.5 Å². The highest BCUT2D eigenvalue weighted by atomic mass is 16.5. The number of amides is 4. The molecular weight excluding hydrogens is 374 g/mol. The van der Waals surface area contributed by atoms with Crippen LogP contribution in [0.25, 0.3) is 0 Å². The number of hydrogen-bond acceptors (Lipinski definition) is 5. The van der Waals surface area contributed by atoms with Crippen molar-refractivity contribution in [3.63, 3.8) is 0 Å². The Kier molecular flexibility index (Phi) is 9.31. The zero-order valence-electron chi connectivity index (χ0n) is 17.8. The fourth-order valence-electron chi connectivity index (χ4n) is 2.25. The van der Waals surface area contributed by atoms with Gasteiger partial charge in [0.05, 0.1) is 0 Å². The van der Waals surface area contributed by atoms with Gasteiger partial charge in [-0.05, 0) is 35.4 Å². The summed E-state index contributed by atoms with van der Waals surface area (Å²) in [5, 5.41) is 7.03. The maximum atomic E-state index is 12.1. The minimum absolute atomic E-state index is 0.0231. The van der Waals surface area contributed by atoms with Crippen LogP contribution in [0.2, 0.25) is 0 Å². The van der Waals surface area contributed by atoms with Crippen LogP contribution < -0.4 is 16.0 Å². The molecule has 160 valence electrons. The average molecular weight is 405 g/mol. The molecule has 8 nitrogen and oxygen atoms in total. The summed E-state index contributed by atoms with van der Waals surface area (Å²) in [5.74, 6) is -1.51. The SMILES string of the molecule is CC(C)CCNC(=O)NC(=O)COC(=O)CNC(=O)c1ccc(C(C)(C)C)cc1. The Labute approximate surface area is 171 Å². The van der Waals surface area contributed by atoms with Crippen molar-refractivity contribution in [3.05, 3.63) is 35.4 Å². The lowest BCUT2D eigenvalue weighted by molar-refractivity contribution is -0.147. The second-order valence-corrected chi connectivity index (χ2v) is 8.16. The number of benzene rings is 1. The summed E-state index contributed by atoms with van der Waals surface area (Å²) in [5.41, 5.74) is 1.49.